The van der Waals surface area contributed by atoms with E-state index >= 15 is 0 Å². The van der Waals surface area contributed by atoms with E-state index in [0.717, 1.165) is 16.6 Å². The summed E-state index contributed by atoms with van der Waals surface area (Å²) in [7, 11) is 1.90. The van der Waals surface area contributed by atoms with Crippen LogP contribution < -0.4 is 5.32 Å². The highest BCUT2D eigenvalue weighted by Gasteiger charge is 2.20. The summed E-state index contributed by atoms with van der Waals surface area (Å²) in [6, 6.07) is 8.04. The van der Waals surface area contributed by atoms with Gasteiger partial charge in [-0.3, -0.25) is 0 Å². The topological polar surface area (TPSA) is 32.3 Å². The zero-order valence-corrected chi connectivity index (χ0v) is 14.5. The van der Waals surface area contributed by atoms with Crippen LogP contribution in [0.25, 0.3) is 0 Å². The lowest BCUT2D eigenvalue weighted by molar-refractivity contribution is 0.189. The summed E-state index contributed by atoms with van der Waals surface area (Å²) in [6.45, 7) is 2.89. The quantitative estimate of drug-likeness (QED) is 0.834. The first-order valence-electron chi connectivity index (χ1n) is 7.84. The third kappa shape index (κ3) is 4.73. The van der Waals surface area contributed by atoms with E-state index in [2.05, 4.69) is 21.2 Å². The largest absolute Gasteiger partial charge is 0.331 e. The lowest BCUT2D eigenvalue weighted by atomic mass is 9.89. The number of nitrogens with zero attached hydrogens (tertiary/aromatic N) is 1. The van der Waals surface area contributed by atoms with Gasteiger partial charge in [0.1, 0.15) is 0 Å². The maximum absolute atomic E-state index is 12.3. The summed E-state index contributed by atoms with van der Waals surface area (Å²) in [5.74, 6) is 0.674. The molecule has 0 spiro atoms. The van der Waals surface area contributed by atoms with Crippen LogP contribution in [0.2, 0.25) is 0 Å². The molecular formula is C17H25BrN2O. The van der Waals surface area contributed by atoms with Gasteiger partial charge < -0.3 is 10.2 Å². The van der Waals surface area contributed by atoms with Crippen molar-refractivity contribution in [3.8, 4) is 0 Å². The normalized spacial score (nSPS) is 17.3. The second-order valence-electron chi connectivity index (χ2n) is 6.08. The number of benzene rings is 1. The fraction of sp³-hybridized carbons (Fsp3) is 0.588. The molecule has 116 valence electrons. The van der Waals surface area contributed by atoms with Crippen LogP contribution in [0.15, 0.2) is 28.7 Å². The van der Waals surface area contributed by atoms with Gasteiger partial charge in [0.15, 0.2) is 0 Å². The zero-order valence-electron chi connectivity index (χ0n) is 12.9. The van der Waals surface area contributed by atoms with Gasteiger partial charge in [-0.1, -0.05) is 53.4 Å². The van der Waals surface area contributed by atoms with Crippen molar-refractivity contribution >= 4 is 22.0 Å². The third-order valence-corrected chi connectivity index (χ3v) is 5.04. The van der Waals surface area contributed by atoms with E-state index in [4.69, 9.17) is 0 Å². The van der Waals surface area contributed by atoms with Crippen LogP contribution in [0.1, 0.15) is 50.6 Å². The summed E-state index contributed by atoms with van der Waals surface area (Å²) in [5, 5.41) is 3.08. The van der Waals surface area contributed by atoms with Crippen molar-refractivity contribution in [2.45, 2.75) is 45.1 Å². The second-order valence-corrected chi connectivity index (χ2v) is 6.93. The number of urea groups is 1. The Morgan fingerprint density at radius 2 is 2.00 bits per heavy atom. The summed E-state index contributed by atoms with van der Waals surface area (Å²) in [6.07, 6.45) is 6.50. The number of hydrogen-bond donors (Lipinski definition) is 1. The maximum atomic E-state index is 12.3. The SMILES string of the molecule is CC(NC(=O)N(C)CC1CCCCC1)c1ccccc1Br. The molecule has 0 heterocycles. The molecule has 21 heavy (non-hydrogen) atoms. The summed E-state index contributed by atoms with van der Waals surface area (Å²) in [4.78, 5) is 14.1. The van der Waals surface area contributed by atoms with Gasteiger partial charge in [-0.2, -0.15) is 0 Å². The Balaban J connectivity index is 1.86. The van der Waals surface area contributed by atoms with Gasteiger partial charge in [-0.25, -0.2) is 4.79 Å². The first kappa shape index (κ1) is 16.3. The molecular weight excluding hydrogens is 328 g/mol. The number of nitrogens with one attached hydrogen (secondary N) is 1. The average Bonchev–Trinajstić information content (AvgIpc) is 2.48. The number of halogens is 1. The predicted octanol–water partition coefficient (Wildman–Crippen LogP) is 4.73. The molecule has 2 amide bonds. The lowest BCUT2D eigenvalue weighted by Crippen LogP contribution is -2.41. The van der Waals surface area contributed by atoms with E-state index in [9.17, 15) is 4.79 Å². The lowest BCUT2D eigenvalue weighted by Gasteiger charge is -2.28. The fourth-order valence-corrected chi connectivity index (χ4v) is 3.67. The number of carbonyl (C=O) groups is 1. The number of hydrogen-bond acceptors (Lipinski definition) is 1. The molecule has 1 atom stereocenters. The van der Waals surface area contributed by atoms with E-state index < -0.39 is 0 Å². The molecule has 1 aromatic rings. The minimum atomic E-state index is 0.00174. The molecule has 0 aliphatic heterocycles. The highest BCUT2D eigenvalue weighted by molar-refractivity contribution is 9.10. The molecule has 0 saturated heterocycles. The Hall–Kier alpha value is -1.03. The van der Waals surface area contributed by atoms with E-state index in [1.54, 1.807) is 0 Å². The van der Waals surface area contributed by atoms with Crippen molar-refractivity contribution in [2.24, 2.45) is 5.92 Å². The second kappa shape index (κ2) is 7.83. The number of carbonyl (C=O) groups excluding carboxylic acids is 1. The fourth-order valence-electron chi connectivity index (χ4n) is 3.04. The monoisotopic (exact) mass is 352 g/mol. The van der Waals surface area contributed by atoms with E-state index in [1.165, 1.54) is 32.1 Å². The van der Waals surface area contributed by atoms with Gasteiger partial charge in [0.2, 0.25) is 0 Å². The summed E-state index contributed by atoms with van der Waals surface area (Å²) < 4.78 is 1.03. The van der Waals surface area contributed by atoms with E-state index in [-0.39, 0.29) is 12.1 Å². The third-order valence-electron chi connectivity index (χ3n) is 4.32. The summed E-state index contributed by atoms with van der Waals surface area (Å²) >= 11 is 3.54. The summed E-state index contributed by atoms with van der Waals surface area (Å²) in [5.41, 5.74) is 1.11. The first-order valence-corrected chi connectivity index (χ1v) is 8.63. The molecule has 0 radical (unpaired) electrons. The Bertz CT molecular complexity index is 472. The van der Waals surface area contributed by atoms with E-state index in [1.807, 2.05) is 43.1 Å². The van der Waals surface area contributed by atoms with Crippen LogP contribution >= 0.6 is 15.9 Å². The van der Waals surface area contributed by atoms with Crippen molar-refractivity contribution in [3.05, 3.63) is 34.3 Å². The van der Waals surface area contributed by atoms with Gasteiger partial charge in [0.05, 0.1) is 6.04 Å². The van der Waals surface area contributed by atoms with Crippen LogP contribution in [0.4, 0.5) is 4.79 Å². The minimum absolute atomic E-state index is 0.00174. The van der Waals surface area contributed by atoms with Gasteiger partial charge >= 0.3 is 6.03 Å². The van der Waals surface area contributed by atoms with Crippen LogP contribution in [-0.2, 0) is 0 Å². The molecule has 1 saturated carbocycles. The van der Waals surface area contributed by atoms with Gasteiger partial charge in [-0.15, -0.1) is 0 Å². The van der Waals surface area contributed by atoms with Crippen LogP contribution in [-0.4, -0.2) is 24.5 Å². The van der Waals surface area contributed by atoms with E-state index in [0.29, 0.717) is 5.92 Å². The average molecular weight is 353 g/mol. The molecule has 0 bridgehead atoms. The molecule has 1 aromatic carbocycles. The highest BCUT2D eigenvalue weighted by atomic mass is 79.9. The van der Waals surface area contributed by atoms with Crippen molar-refractivity contribution in [1.82, 2.24) is 10.2 Å². The standard InChI is InChI=1S/C17H25BrN2O/c1-13(15-10-6-7-11-16(15)18)19-17(21)20(2)12-14-8-4-3-5-9-14/h6-7,10-11,13-14H,3-5,8-9,12H2,1-2H3,(H,19,21). The molecule has 0 aromatic heterocycles. The number of rotatable bonds is 4. The molecule has 1 aliphatic rings. The van der Waals surface area contributed by atoms with Crippen LogP contribution in [0.5, 0.6) is 0 Å². The van der Waals surface area contributed by atoms with Crippen LogP contribution in [0.3, 0.4) is 0 Å². The van der Waals surface area contributed by atoms with Crippen molar-refractivity contribution in [2.75, 3.05) is 13.6 Å². The molecule has 1 unspecified atom stereocenters. The van der Waals surface area contributed by atoms with Gasteiger partial charge in [-0.05, 0) is 37.3 Å². The Morgan fingerprint density at radius 3 is 2.67 bits per heavy atom. The van der Waals surface area contributed by atoms with Crippen molar-refractivity contribution < 1.29 is 4.79 Å². The van der Waals surface area contributed by atoms with Gasteiger partial charge in [0.25, 0.3) is 0 Å². The Morgan fingerprint density at radius 1 is 1.33 bits per heavy atom. The minimum Gasteiger partial charge on any atom is -0.331 e. The molecule has 1 aliphatic carbocycles. The molecule has 1 fully saturated rings. The van der Waals surface area contributed by atoms with Crippen molar-refractivity contribution in [1.29, 1.82) is 0 Å². The molecule has 2 rings (SSSR count). The van der Waals surface area contributed by atoms with Crippen molar-refractivity contribution in [3.63, 3.8) is 0 Å². The maximum Gasteiger partial charge on any atom is 0.317 e. The zero-order chi connectivity index (χ0) is 15.2. The molecule has 3 nitrogen and oxygen atoms in total. The molecule has 1 N–H and O–H groups in total. The predicted molar refractivity (Wildman–Crippen MR) is 90.3 cm³/mol. The highest BCUT2D eigenvalue weighted by Crippen LogP contribution is 2.25. The van der Waals surface area contributed by atoms with Gasteiger partial charge in [0, 0.05) is 18.1 Å². The Kier molecular flexibility index (Phi) is 6.09. The number of amides is 2. The first-order chi connectivity index (χ1) is 10.1. The van der Waals surface area contributed by atoms with Crippen LogP contribution in [0, 0.1) is 5.92 Å². The Labute approximate surface area is 136 Å². The smallest absolute Gasteiger partial charge is 0.317 e. The molecule has 4 heteroatoms.